The molecule has 0 rings (SSSR count). The van der Waals surface area contributed by atoms with Gasteiger partial charge in [0, 0.05) is 7.11 Å². The summed E-state index contributed by atoms with van der Waals surface area (Å²) in [6.07, 6.45) is -0.283. The number of alkyl halides is 9. The van der Waals surface area contributed by atoms with Gasteiger partial charge in [-0.25, -0.2) is 4.39 Å². The van der Waals surface area contributed by atoms with Crippen LogP contribution in [0.25, 0.3) is 0 Å². The Hall–Kier alpha value is 0.01000. The molecule has 0 bridgehead atoms. The summed E-state index contributed by atoms with van der Waals surface area (Å²) in [5.74, 6) is -11.4. The van der Waals surface area contributed by atoms with Crippen LogP contribution in [-0.2, 0) is 4.74 Å². The van der Waals surface area contributed by atoms with Gasteiger partial charge in [-0.3, -0.25) is 0 Å². The van der Waals surface area contributed by atoms with E-state index in [1.807, 2.05) is 0 Å². The van der Waals surface area contributed by atoms with Gasteiger partial charge in [0.2, 0.25) is 0 Å². The van der Waals surface area contributed by atoms with E-state index in [1.54, 1.807) is 19.0 Å². The molecule has 0 aromatic carbocycles. The average molecular weight is 410 g/mol. The maximum atomic E-state index is 14.3. The van der Waals surface area contributed by atoms with Gasteiger partial charge in [-0.15, -0.1) is 0 Å². The van der Waals surface area contributed by atoms with Crippen LogP contribution in [0.3, 0.4) is 0 Å². The molecular weight excluding hydrogens is 390 g/mol. The topological polar surface area (TPSA) is 12.5 Å². The van der Waals surface area contributed by atoms with E-state index in [0.717, 1.165) is 0 Å². The lowest BCUT2D eigenvalue weighted by Crippen LogP contribution is -2.67. The smallest absolute Gasteiger partial charge is 0.372 e. The highest BCUT2D eigenvalue weighted by Gasteiger charge is 2.82. The van der Waals surface area contributed by atoms with Crippen LogP contribution in [0.1, 0.15) is 26.2 Å². The monoisotopic (exact) mass is 409 g/mol. The highest BCUT2D eigenvalue weighted by Crippen LogP contribution is 2.59. The Morgan fingerprint density at radius 1 is 0.875 bits per heavy atom. The molecule has 0 radical (unpaired) electrons. The third-order valence-electron chi connectivity index (χ3n) is 3.77. The van der Waals surface area contributed by atoms with Crippen molar-refractivity contribution < 1.29 is 35.5 Å². The summed E-state index contributed by atoms with van der Waals surface area (Å²) in [7, 11) is 4.13. The highest BCUT2D eigenvalue weighted by molar-refractivity contribution is 6.33. The minimum Gasteiger partial charge on any atom is -0.372 e. The summed E-state index contributed by atoms with van der Waals surface area (Å²) in [6, 6.07) is 0. The van der Waals surface area contributed by atoms with Crippen LogP contribution in [0.2, 0.25) is 0 Å². The van der Waals surface area contributed by atoms with Gasteiger partial charge in [0.1, 0.15) is 5.60 Å². The second-order valence-electron chi connectivity index (χ2n) is 5.92. The van der Waals surface area contributed by atoms with Gasteiger partial charge in [-0.2, -0.15) is 26.3 Å². The third kappa shape index (κ3) is 4.40. The second-order valence-corrected chi connectivity index (χ2v) is 6.91. The van der Waals surface area contributed by atoms with Crippen molar-refractivity contribution in [2.45, 2.75) is 54.1 Å². The number of ether oxygens (including phenoxy) is 1. The molecule has 2 nitrogen and oxygen atoms in total. The number of unbranched alkanes of at least 4 members (excludes halogenated alkanes) is 1. The number of hydrogen-bond acceptors (Lipinski definition) is 2. The standard InChI is InChI=1S/C13H20Cl2F7NO/c1-9(24-4,7-5-6-8-23(2)3)11(17,18)12(19,20)10(14,16)13(15,21)22/h5-8H2,1-4H3. The molecule has 0 spiro atoms. The molecule has 0 aliphatic carbocycles. The van der Waals surface area contributed by atoms with Crippen molar-refractivity contribution in [1.82, 2.24) is 4.90 Å². The normalized spacial score (nSPS) is 19.2. The van der Waals surface area contributed by atoms with Gasteiger partial charge in [0.25, 0.3) is 0 Å². The van der Waals surface area contributed by atoms with E-state index in [0.29, 0.717) is 27.0 Å². The maximum absolute atomic E-state index is 14.3. The minimum absolute atomic E-state index is 0.00697. The number of halogens is 9. The third-order valence-corrected chi connectivity index (χ3v) is 4.60. The van der Waals surface area contributed by atoms with Crippen LogP contribution in [0.15, 0.2) is 0 Å². The van der Waals surface area contributed by atoms with E-state index < -0.39 is 34.4 Å². The summed E-state index contributed by atoms with van der Waals surface area (Å²) in [4.78, 5) is 1.73. The second kappa shape index (κ2) is 7.72. The van der Waals surface area contributed by atoms with Gasteiger partial charge >= 0.3 is 22.4 Å². The predicted octanol–water partition coefficient (Wildman–Crippen LogP) is 5.13. The fraction of sp³-hybridized carbons (Fsp3) is 1.00. The van der Waals surface area contributed by atoms with Crippen molar-refractivity contribution in [3.63, 3.8) is 0 Å². The van der Waals surface area contributed by atoms with Gasteiger partial charge in [0.15, 0.2) is 0 Å². The Labute approximate surface area is 146 Å². The molecule has 0 saturated carbocycles. The number of nitrogens with zero attached hydrogens (tertiary/aromatic N) is 1. The van der Waals surface area contributed by atoms with Gasteiger partial charge in [-0.1, -0.05) is 11.6 Å². The van der Waals surface area contributed by atoms with Crippen LogP contribution in [0.4, 0.5) is 30.7 Å². The molecule has 0 fully saturated rings. The largest absolute Gasteiger partial charge is 0.375 e. The number of hydrogen-bond donors (Lipinski definition) is 0. The van der Waals surface area contributed by atoms with Gasteiger partial charge in [-0.05, 0) is 58.4 Å². The molecule has 0 heterocycles. The van der Waals surface area contributed by atoms with Crippen molar-refractivity contribution in [2.75, 3.05) is 27.7 Å². The van der Waals surface area contributed by atoms with Gasteiger partial charge in [0.05, 0.1) is 0 Å². The lowest BCUT2D eigenvalue weighted by molar-refractivity contribution is -0.334. The Bertz CT molecular complexity index is 416. The van der Waals surface area contributed by atoms with Crippen LogP contribution in [0, 0.1) is 0 Å². The van der Waals surface area contributed by atoms with Gasteiger partial charge < -0.3 is 9.64 Å². The molecule has 0 N–H and O–H groups in total. The summed E-state index contributed by atoms with van der Waals surface area (Å²) in [6.45, 7) is 1.06. The Kier molecular flexibility index (Phi) is 7.72. The lowest BCUT2D eigenvalue weighted by Gasteiger charge is -2.44. The number of methoxy groups -OCH3 is 1. The molecule has 24 heavy (non-hydrogen) atoms. The molecule has 11 heteroatoms. The van der Waals surface area contributed by atoms with Crippen molar-refractivity contribution in [3.8, 4) is 0 Å². The first-order chi connectivity index (χ1) is 10.5. The summed E-state index contributed by atoms with van der Waals surface area (Å²) >= 11 is 8.58. The van der Waals surface area contributed by atoms with Crippen LogP contribution >= 0.6 is 23.2 Å². The Morgan fingerprint density at radius 3 is 1.67 bits per heavy atom. The average Bonchev–Trinajstić information content (AvgIpc) is 2.41. The fourth-order valence-corrected chi connectivity index (χ4v) is 2.22. The quantitative estimate of drug-likeness (QED) is 0.281. The van der Waals surface area contributed by atoms with Crippen molar-refractivity contribution >= 4 is 23.2 Å². The van der Waals surface area contributed by atoms with Crippen LogP contribution in [-0.4, -0.2) is 60.6 Å². The molecule has 0 aliphatic heterocycles. The van der Waals surface area contributed by atoms with E-state index >= 15 is 0 Å². The molecule has 2 atom stereocenters. The highest BCUT2D eigenvalue weighted by atomic mass is 35.5. The Balaban J connectivity index is 5.54. The molecular formula is C13H20Cl2F7NO. The summed E-state index contributed by atoms with van der Waals surface area (Å²) in [5, 5.41) is -10.9. The fourth-order valence-electron chi connectivity index (χ4n) is 1.98. The Morgan fingerprint density at radius 2 is 1.33 bits per heavy atom. The van der Waals surface area contributed by atoms with Crippen molar-refractivity contribution in [2.24, 2.45) is 0 Å². The molecule has 0 aromatic rings. The zero-order valence-corrected chi connectivity index (χ0v) is 15.1. The predicted molar refractivity (Wildman–Crippen MR) is 78.2 cm³/mol. The first-order valence-electron chi connectivity index (χ1n) is 6.88. The van der Waals surface area contributed by atoms with E-state index in [2.05, 4.69) is 27.9 Å². The molecule has 146 valence electrons. The zero-order chi connectivity index (χ0) is 19.6. The van der Waals surface area contributed by atoms with Crippen LogP contribution in [0.5, 0.6) is 0 Å². The molecule has 0 aromatic heterocycles. The summed E-state index contributed by atoms with van der Waals surface area (Å²) in [5.41, 5.74) is -2.93. The lowest BCUT2D eigenvalue weighted by atomic mass is 9.85. The first kappa shape index (κ1) is 24.0. The van der Waals surface area contributed by atoms with E-state index in [1.165, 1.54) is 0 Å². The van der Waals surface area contributed by atoms with Crippen molar-refractivity contribution in [1.29, 1.82) is 0 Å². The molecule has 2 unspecified atom stereocenters. The van der Waals surface area contributed by atoms with Crippen LogP contribution < -0.4 is 0 Å². The molecule has 0 saturated heterocycles. The zero-order valence-electron chi connectivity index (χ0n) is 13.6. The van der Waals surface area contributed by atoms with E-state index in [9.17, 15) is 30.7 Å². The first-order valence-corrected chi connectivity index (χ1v) is 7.63. The number of rotatable bonds is 10. The summed E-state index contributed by atoms with van der Waals surface area (Å²) < 4.78 is 100.0. The maximum Gasteiger partial charge on any atom is 0.375 e. The minimum atomic E-state index is -6.00. The SMILES string of the molecule is COC(C)(CCCCN(C)C)C(F)(F)C(F)(F)C(F)(Cl)C(F)(F)Cl. The van der Waals surface area contributed by atoms with Crippen molar-refractivity contribution in [3.05, 3.63) is 0 Å². The van der Waals surface area contributed by atoms with E-state index in [-0.39, 0.29) is 6.42 Å². The molecule has 0 amide bonds. The molecule has 0 aliphatic rings. The van der Waals surface area contributed by atoms with E-state index in [4.69, 9.17) is 0 Å².